The van der Waals surface area contributed by atoms with E-state index >= 15 is 0 Å². The topological polar surface area (TPSA) is 39.2 Å². The van der Waals surface area contributed by atoms with Crippen LogP contribution < -0.4 is 9.91 Å². The summed E-state index contributed by atoms with van der Waals surface area (Å²) in [6.07, 6.45) is 1.95. The van der Waals surface area contributed by atoms with Crippen LogP contribution >= 0.6 is 23.4 Å². The van der Waals surface area contributed by atoms with E-state index in [1.54, 1.807) is 0 Å². The number of hydrogen-bond acceptors (Lipinski definition) is 5. The highest BCUT2D eigenvalue weighted by Crippen LogP contribution is 2.53. The number of halogens is 1. The smallest absolute Gasteiger partial charge is 0.278 e. The monoisotopic (exact) mass is 536 g/mol. The number of rotatable bonds is 4. The Bertz CT molecular complexity index is 1540. The molecule has 2 heterocycles. The summed E-state index contributed by atoms with van der Waals surface area (Å²) >= 11 is 7.73. The molecule has 4 aromatic carbocycles. The van der Waals surface area contributed by atoms with Crippen molar-refractivity contribution in [2.24, 2.45) is 5.10 Å². The summed E-state index contributed by atoms with van der Waals surface area (Å²) in [5, 5.41) is 7.51. The van der Waals surface area contributed by atoms with Gasteiger partial charge in [0.15, 0.2) is 0 Å². The zero-order valence-corrected chi connectivity index (χ0v) is 22.5. The molecule has 2 aliphatic heterocycles. The highest BCUT2D eigenvalue weighted by atomic mass is 35.5. The Morgan fingerprint density at radius 2 is 1.42 bits per heavy atom. The molecule has 7 heteroatoms. The van der Waals surface area contributed by atoms with Gasteiger partial charge in [0.05, 0.1) is 5.69 Å². The van der Waals surface area contributed by atoms with Gasteiger partial charge in [0.2, 0.25) is 0 Å². The maximum Gasteiger partial charge on any atom is 0.278 e. The minimum absolute atomic E-state index is 0.0970. The molecule has 1 atom stereocenters. The minimum Gasteiger partial charge on any atom is -0.319 e. The number of amides is 1. The van der Waals surface area contributed by atoms with Gasteiger partial charge in [-0.25, -0.2) is 5.01 Å². The molecule has 0 aromatic heterocycles. The van der Waals surface area contributed by atoms with Crippen molar-refractivity contribution in [1.29, 1.82) is 0 Å². The van der Waals surface area contributed by atoms with Gasteiger partial charge in [0.1, 0.15) is 10.7 Å². The largest absolute Gasteiger partial charge is 0.319 e. The lowest BCUT2D eigenvalue weighted by Crippen LogP contribution is -2.59. The number of aryl methyl sites for hydroxylation is 1. The molecule has 0 saturated carbocycles. The van der Waals surface area contributed by atoms with Crippen molar-refractivity contribution in [3.05, 3.63) is 137 Å². The van der Waals surface area contributed by atoms with Crippen LogP contribution in [0, 0.1) is 6.92 Å². The van der Waals surface area contributed by atoms with Crippen LogP contribution in [0.4, 0.5) is 11.4 Å². The van der Waals surface area contributed by atoms with E-state index in [-0.39, 0.29) is 5.91 Å². The van der Waals surface area contributed by atoms with E-state index < -0.39 is 5.12 Å². The number of carbonyl (C=O) groups is 1. The van der Waals surface area contributed by atoms with E-state index in [0.29, 0.717) is 10.7 Å². The lowest BCUT2D eigenvalue weighted by molar-refractivity contribution is -0.114. The molecule has 1 fully saturated rings. The summed E-state index contributed by atoms with van der Waals surface area (Å²) in [5.74, 6) is -0.0970. The molecule has 0 radical (unpaired) electrons. The second-order valence-electron chi connectivity index (χ2n) is 9.21. The summed E-state index contributed by atoms with van der Waals surface area (Å²) in [5.41, 5.74) is 5.31. The van der Waals surface area contributed by atoms with E-state index in [9.17, 15) is 4.79 Å². The summed E-state index contributed by atoms with van der Waals surface area (Å²) in [6.45, 7) is 2.05. The van der Waals surface area contributed by atoms with Gasteiger partial charge in [-0.3, -0.25) is 9.69 Å². The van der Waals surface area contributed by atoms with E-state index in [0.717, 1.165) is 27.5 Å². The van der Waals surface area contributed by atoms with Crippen LogP contribution in [0.3, 0.4) is 0 Å². The molecule has 1 unspecified atom stereocenters. The first kappa shape index (κ1) is 24.3. The normalized spacial score (nSPS) is 20.1. The minimum atomic E-state index is -1.01. The predicted molar refractivity (Wildman–Crippen MR) is 158 cm³/mol. The highest BCUT2D eigenvalue weighted by Gasteiger charge is 2.62. The van der Waals surface area contributed by atoms with Gasteiger partial charge < -0.3 is 4.90 Å². The second kappa shape index (κ2) is 9.71. The van der Waals surface area contributed by atoms with Gasteiger partial charge in [-0.15, -0.1) is 0 Å². The second-order valence-corrected chi connectivity index (χ2v) is 10.8. The predicted octanol–water partition coefficient (Wildman–Crippen LogP) is 7.19. The van der Waals surface area contributed by atoms with Crippen LogP contribution in [-0.2, 0) is 4.79 Å². The maximum atomic E-state index is 14.3. The highest BCUT2D eigenvalue weighted by molar-refractivity contribution is 8.16. The number of thioether (sulfide) groups is 1. The number of hydrogen-bond donors (Lipinski definition) is 0. The van der Waals surface area contributed by atoms with Crippen LogP contribution in [0.25, 0.3) is 6.08 Å². The number of anilines is 2. The van der Waals surface area contributed by atoms with E-state index in [1.807, 2.05) is 125 Å². The van der Waals surface area contributed by atoms with Gasteiger partial charge in [-0.05, 0) is 66.7 Å². The van der Waals surface area contributed by atoms with E-state index in [2.05, 4.69) is 19.1 Å². The standard InChI is InChI=1S/C31H25ClN4OS/c1-22-13-15-23(16-14-22)21-28-30(37)35(26-9-5-3-6-10-26)31(34(28)2)36(27-11-7-4-8-12-27)33-29(38-31)24-17-19-25(32)20-18-24/h3-21H,1-2H3/b28-21+. The van der Waals surface area contributed by atoms with E-state index in [1.165, 1.54) is 17.3 Å². The molecular weight excluding hydrogens is 512 g/mol. The third-order valence-electron chi connectivity index (χ3n) is 6.70. The average Bonchev–Trinajstić information content (AvgIpc) is 3.43. The SMILES string of the molecule is Cc1ccc(/C=C2\C(=O)N(c3ccccc3)C3(SC(c4ccc(Cl)cc4)=NN3c3ccccc3)N2C)cc1. The first-order valence-electron chi connectivity index (χ1n) is 12.3. The molecule has 1 spiro atoms. The maximum absolute atomic E-state index is 14.3. The summed E-state index contributed by atoms with van der Waals surface area (Å²) in [7, 11) is 1.96. The van der Waals surface area contributed by atoms with Crippen molar-refractivity contribution in [3.8, 4) is 0 Å². The zero-order valence-electron chi connectivity index (χ0n) is 21.0. The molecule has 2 aliphatic rings. The Hall–Kier alpha value is -4.00. The molecular formula is C31H25ClN4OS. The Morgan fingerprint density at radius 3 is 2.05 bits per heavy atom. The van der Waals surface area contributed by atoms with Crippen molar-refractivity contribution in [2.75, 3.05) is 17.0 Å². The molecule has 1 saturated heterocycles. The van der Waals surface area contributed by atoms with Gasteiger partial charge in [0.25, 0.3) is 11.0 Å². The van der Waals surface area contributed by atoms with Crippen molar-refractivity contribution in [1.82, 2.24) is 4.90 Å². The van der Waals surface area contributed by atoms with Crippen LogP contribution in [0.15, 0.2) is 120 Å². The Morgan fingerprint density at radius 1 is 0.816 bits per heavy atom. The number of para-hydroxylation sites is 2. The van der Waals surface area contributed by atoms with Crippen molar-refractivity contribution in [3.63, 3.8) is 0 Å². The lowest BCUT2D eigenvalue weighted by atomic mass is 10.1. The fourth-order valence-corrected chi connectivity index (χ4v) is 6.25. The van der Waals surface area contributed by atoms with Gasteiger partial charge >= 0.3 is 0 Å². The Kier molecular flexibility index (Phi) is 6.22. The molecule has 0 bridgehead atoms. The summed E-state index contributed by atoms with van der Waals surface area (Å²) in [6, 6.07) is 35.6. The van der Waals surface area contributed by atoms with Gasteiger partial charge in [-0.2, -0.15) is 5.10 Å². The lowest BCUT2D eigenvalue weighted by Gasteiger charge is -2.43. The molecule has 1 amide bonds. The zero-order chi connectivity index (χ0) is 26.3. The third-order valence-corrected chi connectivity index (χ3v) is 8.37. The molecule has 4 aromatic rings. The fourth-order valence-electron chi connectivity index (χ4n) is 4.74. The number of nitrogens with zero attached hydrogens (tertiary/aromatic N) is 4. The fraction of sp³-hybridized carbons (Fsp3) is 0.0968. The van der Waals surface area contributed by atoms with Crippen molar-refractivity contribution in [2.45, 2.75) is 12.0 Å². The van der Waals surface area contributed by atoms with Crippen molar-refractivity contribution >= 4 is 51.8 Å². The van der Waals surface area contributed by atoms with Crippen LogP contribution in [-0.4, -0.2) is 28.0 Å². The average molecular weight is 537 g/mol. The molecule has 6 rings (SSSR count). The van der Waals surface area contributed by atoms with Crippen LogP contribution in [0.5, 0.6) is 0 Å². The number of likely N-dealkylation sites (N-methyl/N-ethyl adjacent to an activating group) is 1. The quantitative estimate of drug-likeness (QED) is 0.259. The number of carbonyl (C=O) groups excluding carboxylic acids is 1. The summed E-state index contributed by atoms with van der Waals surface area (Å²) < 4.78 is 0. The Labute approximate surface area is 231 Å². The van der Waals surface area contributed by atoms with Crippen LogP contribution in [0.2, 0.25) is 5.02 Å². The van der Waals surface area contributed by atoms with Gasteiger partial charge in [-0.1, -0.05) is 90.0 Å². The first-order valence-corrected chi connectivity index (χ1v) is 13.5. The molecule has 0 N–H and O–H groups in total. The molecule has 5 nitrogen and oxygen atoms in total. The molecule has 188 valence electrons. The molecule has 38 heavy (non-hydrogen) atoms. The van der Waals surface area contributed by atoms with E-state index in [4.69, 9.17) is 16.7 Å². The van der Waals surface area contributed by atoms with Crippen LogP contribution in [0.1, 0.15) is 16.7 Å². The Balaban J connectivity index is 1.56. The first-order chi connectivity index (χ1) is 18.5. The number of benzene rings is 4. The number of hydrazone groups is 1. The molecule has 0 aliphatic carbocycles. The summed E-state index contributed by atoms with van der Waals surface area (Å²) in [4.78, 5) is 18.2. The third kappa shape index (κ3) is 4.06. The van der Waals surface area contributed by atoms with Gasteiger partial charge in [0, 0.05) is 23.3 Å². The van der Waals surface area contributed by atoms with Crippen molar-refractivity contribution < 1.29 is 4.79 Å².